The van der Waals surface area contributed by atoms with Crippen LogP contribution in [0.15, 0.2) is 41.4 Å². The lowest BCUT2D eigenvalue weighted by molar-refractivity contribution is -0.118. The highest BCUT2D eigenvalue weighted by Gasteiger charge is 2.23. The number of carbonyl (C=O) groups is 1. The Morgan fingerprint density at radius 1 is 1.18 bits per heavy atom. The summed E-state index contributed by atoms with van der Waals surface area (Å²) in [6.07, 6.45) is 3.37. The number of aryl methyl sites for hydroxylation is 1. The summed E-state index contributed by atoms with van der Waals surface area (Å²) in [5.74, 6) is 0.982. The second kappa shape index (κ2) is 11.4. The number of para-hydroxylation sites is 1. The first-order valence-electron chi connectivity index (χ1n) is 9.61. The number of carbonyl (C=O) groups excluding carboxylic acids is 1. The number of rotatable bonds is 7. The van der Waals surface area contributed by atoms with Gasteiger partial charge in [-0.3, -0.25) is 9.79 Å². The monoisotopic (exact) mass is 512 g/mol. The third-order valence-corrected chi connectivity index (χ3v) is 6.00. The fraction of sp³-hybridized carbons (Fsp3) is 0.429. The highest BCUT2D eigenvalue weighted by Crippen LogP contribution is 2.27. The van der Waals surface area contributed by atoms with Crippen molar-refractivity contribution in [3.8, 4) is 0 Å². The van der Waals surface area contributed by atoms with E-state index >= 15 is 0 Å². The average molecular weight is 512 g/mol. The third kappa shape index (κ3) is 5.94. The van der Waals surface area contributed by atoms with Crippen molar-refractivity contribution in [3.63, 3.8) is 0 Å². The number of fused-ring (bicyclic) bond motifs is 1. The Kier molecular flexibility index (Phi) is 9.24. The van der Waals surface area contributed by atoms with Crippen LogP contribution in [0.2, 0.25) is 0 Å². The van der Waals surface area contributed by atoms with Gasteiger partial charge in [-0.25, -0.2) is 0 Å². The molecule has 0 radical (unpaired) electrons. The summed E-state index contributed by atoms with van der Waals surface area (Å²) in [6.45, 7) is 4.47. The molecule has 0 fully saturated rings. The Morgan fingerprint density at radius 3 is 2.71 bits per heavy atom. The van der Waals surface area contributed by atoms with E-state index in [1.807, 2.05) is 34.4 Å². The molecule has 0 bridgehead atoms. The molecule has 28 heavy (non-hydrogen) atoms. The Bertz CT molecular complexity index is 805. The number of benzene rings is 1. The maximum Gasteiger partial charge on any atom is 0.227 e. The number of hydrogen-bond donors (Lipinski definition) is 2. The van der Waals surface area contributed by atoms with Crippen LogP contribution in [-0.2, 0) is 24.2 Å². The van der Waals surface area contributed by atoms with Gasteiger partial charge in [-0.05, 0) is 43.0 Å². The summed E-state index contributed by atoms with van der Waals surface area (Å²) >= 11 is 1.83. The van der Waals surface area contributed by atoms with E-state index in [2.05, 4.69) is 40.7 Å². The van der Waals surface area contributed by atoms with Gasteiger partial charge in [-0.15, -0.1) is 35.3 Å². The smallest absolute Gasteiger partial charge is 0.227 e. The first kappa shape index (κ1) is 22.7. The lowest BCUT2D eigenvalue weighted by atomic mass is 10.2. The van der Waals surface area contributed by atoms with E-state index in [0.717, 1.165) is 50.5 Å². The molecule has 0 atom stereocenters. The molecule has 5 nitrogen and oxygen atoms in total. The van der Waals surface area contributed by atoms with Gasteiger partial charge in [0.1, 0.15) is 0 Å². The van der Waals surface area contributed by atoms with E-state index in [-0.39, 0.29) is 29.9 Å². The van der Waals surface area contributed by atoms with Crippen molar-refractivity contribution in [2.45, 2.75) is 39.2 Å². The van der Waals surface area contributed by atoms with Gasteiger partial charge >= 0.3 is 0 Å². The molecule has 1 aliphatic heterocycles. The molecule has 1 aromatic carbocycles. The minimum atomic E-state index is 0. The molecule has 0 saturated carbocycles. The van der Waals surface area contributed by atoms with Crippen molar-refractivity contribution in [1.82, 2.24) is 10.6 Å². The highest BCUT2D eigenvalue weighted by atomic mass is 127. The van der Waals surface area contributed by atoms with Crippen molar-refractivity contribution >= 4 is 52.9 Å². The second-order valence-corrected chi connectivity index (χ2v) is 7.85. The fourth-order valence-electron chi connectivity index (χ4n) is 3.28. The van der Waals surface area contributed by atoms with E-state index in [1.165, 1.54) is 15.3 Å². The zero-order chi connectivity index (χ0) is 19.1. The summed E-state index contributed by atoms with van der Waals surface area (Å²) in [5.41, 5.74) is 2.35. The number of thiophene rings is 1. The first-order valence-corrected chi connectivity index (χ1v) is 10.4. The van der Waals surface area contributed by atoms with Gasteiger partial charge in [0.15, 0.2) is 5.96 Å². The molecule has 1 amide bonds. The van der Waals surface area contributed by atoms with Gasteiger partial charge in [0.2, 0.25) is 5.91 Å². The normalized spacial score (nSPS) is 13.1. The SMILES string of the molecule is CCc1ccc(CNC(=NC)NCCCC(=O)N2CCc3ccccc32)s1.I. The average Bonchev–Trinajstić information content (AvgIpc) is 3.34. The third-order valence-electron chi connectivity index (χ3n) is 4.77. The van der Waals surface area contributed by atoms with Crippen LogP contribution < -0.4 is 15.5 Å². The minimum Gasteiger partial charge on any atom is -0.356 e. The van der Waals surface area contributed by atoms with Crippen molar-refractivity contribution in [3.05, 3.63) is 51.7 Å². The molecule has 152 valence electrons. The van der Waals surface area contributed by atoms with Gasteiger partial charge in [0.05, 0.1) is 6.54 Å². The van der Waals surface area contributed by atoms with Crippen LogP contribution >= 0.6 is 35.3 Å². The quantitative estimate of drug-likeness (QED) is 0.256. The van der Waals surface area contributed by atoms with Crippen molar-refractivity contribution in [1.29, 1.82) is 0 Å². The number of hydrogen-bond acceptors (Lipinski definition) is 3. The van der Waals surface area contributed by atoms with Crippen LogP contribution in [0.4, 0.5) is 5.69 Å². The number of guanidine groups is 1. The molecule has 0 spiro atoms. The lowest BCUT2D eigenvalue weighted by Gasteiger charge is -2.17. The first-order chi connectivity index (χ1) is 13.2. The maximum absolute atomic E-state index is 12.5. The predicted octanol–water partition coefficient (Wildman–Crippen LogP) is 3.96. The number of nitrogens with one attached hydrogen (secondary N) is 2. The van der Waals surface area contributed by atoms with Gasteiger partial charge in [-0.2, -0.15) is 0 Å². The molecule has 1 aliphatic rings. The Balaban J connectivity index is 0.00000280. The lowest BCUT2D eigenvalue weighted by Crippen LogP contribution is -2.37. The fourth-order valence-corrected chi connectivity index (χ4v) is 4.18. The van der Waals surface area contributed by atoms with Crippen molar-refractivity contribution in [2.24, 2.45) is 4.99 Å². The van der Waals surface area contributed by atoms with Crippen LogP contribution in [0.1, 0.15) is 35.1 Å². The van der Waals surface area contributed by atoms with E-state index in [9.17, 15) is 4.79 Å². The molecule has 0 saturated heterocycles. The zero-order valence-electron chi connectivity index (χ0n) is 16.5. The van der Waals surface area contributed by atoms with Gasteiger partial charge in [0, 0.05) is 42.0 Å². The van der Waals surface area contributed by atoms with Crippen molar-refractivity contribution < 1.29 is 4.79 Å². The van der Waals surface area contributed by atoms with E-state index in [0.29, 0.717) is 6.42 Å². The summed E-state index contributed by atoms with van der Waals surface area (Å²) in [5, 5.41) is 6.63. The highest BCUT2D eigenvalue weighted by molar-refractivity contribution is 14.0. The number of amides is 1. The summed E-state index contributed by atoms with van der Waals surface area (Å²) in [7, 11) is 1.77. The summed E-state index contributed by atoms with van der Waals surface area (Å²) < 4.78 is 0. The molecular formula is C21H29IN4OS. The second-order valence-electron chi connectivity index (χ2n) is 6.60. The molecule has 7 heteroatoms. The zero-order valence-corrected chi connectivity index (χ0v) is 19.7. The number of anilines is 1. The van der Waals surface area contributed by atoms with E-state index < -0.39 is 0 Å². The molecule has 0 unspecified atom stereocenters. The van der Waals surface area contributed by atoms with Crippen LogP contribution in [-0.4, -0.2) is 32.0 Å². The maximum atomic E-state index is 12.5. The number of nitrogens with zero attached hydrogens (tertiary/aromatic N) is 2. The Hall–Kier alpha value is -1.61. The number of aliphatic imine (C=N–C) groups is 1. The topological polar surface area (TPSA) is 56.7 Å². The molecule has 2 N–H and O–H groups in total. The molecule has 1 aromatic heterocycles. The van der Waals surface area contributed by atoms with Gasteiger partial charge in [-0.1, -0.05) is 25.1 Å². The Morgan fingerprint density at radius 2 is 1.96 bits per heavy atom. The number of halogens is 1. The van der Waals surface area contributed by atoms with Gasteiger partial charge < -0.3 is 15.5 Å². The summed E-state index contributed by atoms with van der Waals surface area (Å²) in [6, 6.07) is 12.5. The molecule has 0 aliphatic carbocycles. The van der Waals surface area contributed by atoms with Crippen LogP contribution in [0.3, 0.4) is 0 Å². The largest absolute Gasteiger partial charge is 0.356 e. The molecule has 3 rings (SSSR count). The predicted molar refractivity (Wildman–Crippen MR) is 129 cm³/mol. The standard InChI is InChI=1S/C21H28N4OS.HI/c1-3-17-10-11-18(27-17)15-24-21(22-2)23-13-6-9-20(26)25-14-12-16-7-4-5-8-19(16)25;/h4-5,7-8,10-11H,3,6,9,12-15H2,1-2H3,(H2,22,23,24);1H. The van der Waals surface area contributed by atoms with Crippen molar-refractivity contribution in [2.75, 3.05) is 25.0 Å². The summed E-state index contributed by atoms with van der Waals surface area (Å²) in [4.78, 5) is 21.4. The Labute approximate surface area is 188 Å². The van der Waals surface area contributed by atoms with Crippen LogP contribution in [0.25, 0.3) is 0 Å². The van der Waals surface area contributed by atoms with Crippen LogP contribution in [0, 0.1) is 0 Å². The molecular weight excluding hydrogens is 483 g/mol. The molecule has 2 aromatic rings. The van der Waals surface area contributed by atoms with E-state index in [1.54, 1.807) is 7.05 Å². The van der Waals surface area contributed by atoms with Gasteiger partial charge in [0.25, 0.3) is 0 Å². The van der Waals surface area contributed by atoms with E-state index in [4.69, 9.17) is 0 Å². The molecule has 2 heterocycles. The minimum absolute atomic E-state index is 0. The van der Waals surface area contributed by atoms with Crippen LogP contribution in [0.5, 0.6) is 0 Å².